The number of amides is 9. The zero-order valence-electron chi connectivity index (χ0n) is 52.5. The molecule has 26 nitrogen and oxygen atoms in total. The van der Waals surface area contributed by atoms with Gasteiger partial charge in [0.15, 0.2) is 6.10 Å². The van der Waals surface area contributed by atoms with Gasteiger partial charge in [0, 0.05) is 81.6 Å². The number of thiazole rings is 1. The Labute approximate surface area is 519 Å². The molecule has 7 N–H and O–H groups in total. The number of piperidine rings is 1. The molecule has 2 aromatic rings. The van der Waals surface area contributed by atoms with Crippen LogP contribution >= 0.6 is 11.3 Å². The van der Waals surface area contributed by atoms with Crippen molar-refractivity contribution >= 4 is 82.1 Å². The molecule has 1 aromatic heterocycles. The third kappa shape index (κ3) is 24.8. The van der Waals surface area contributed by atoms with Crippen LogP contribution < -0.4 is 31.9 Å². The number of imide groups is 1. The lowest BCUT2D eigenvalue weighted by Crippen LogP contribution is -2.58. The molecule has 488 valence electrons. The van der Waals surface area contributed by atoms with Crippen molar-refractivity contribution in [3.63, 3.8) is 0 Å². The predicted octanol–water partition coefficient (Wildman–Crippen LogP) is 3.30. The summed E-state index contributed by atoms with van der Waals surface area (Å²) < 4.78 is 22.2. The normalized spacial score (nSPS) is 16.9. The zero-order valence-corrected chi connectivity index (χ0v) is 53.3. The van der Waals surface area contributed by atoms with E-state index in [1.165, 1.54) is 45.2 Å². The number of nitrogens with zero attached hydrogens (tertiary/aromatic N) is 4. The van der Waals surface area contributed by atoms with Crippen LogP contribution in [0.25, 0.3) is 0 Å². The Kier molecular flexibility index (Phi) is 31.3. The lowest BCUT2D eigenvalue weighted by Gasteiger charge is -2.38. The highest BCUT2D eigenvalue weighted by Gasteiger charge is 2.38. The molecule has 0 bridgehead atoms. The maximum Gasteiger partial charge on any atom is 0.306 e. The number of aromatic nitrogens is 1. The van der Waals surface area contributed by atoms with Crippen molar-refractivity contribution in [3.05, 3.63) is 58.1 Å². The number of aliphatic carboxylic acids is 1. The third-order valence-electron chi connectivity index (χ3n) is 15.4. The first-order valence-electron chi connectivity index (χ1n) is 30.3. The highest BCUT2D eigenvalue weighted by Crippen LogP contribution is 2.31. The molecule has 27 heteroatoms. The van der Waals surface area contributed by atoms with Crippen molar-refractivity contribution in [2.75, 3.05) is 78.7 Å². The van der Waals surface area contributed by atoms with Gasteiger partial charge in [-0.25, -0.2) is 4.98 Å². The monoisotopic (exact) mass is 1250 g/mol. The van der Waals surface area contributed by atoms with Crippen LogP contribution in [0.3, 0.4) is 0 Å². The second-order valence-corrected chi connectivity index (χ2v) is 23.7. The van der Waals surface area contributed by atoms with Gasteiger partial charge >= 0.3 is 11.9 Å². The Morgan fingerprint density at radius 2 is 1.42 bits per heavy atom. The molecule has 0 spiro atoms. The summed E-state index contributed by atoms with van der Waals surface area (Å²) in [6, 6.07) is 2.43. The number of carbonyl (C=O) groups is 11. The van der Waals surface area contributed by atoms with Gasteiger partial charge in [-0.3, -0.25) is 62.5 Å². The number of benzene rings is 1. The molecule has 3 heterocycles. The molecular weight excluding hydrogens is 1160 g/mol. The Balaban J connectivity index is 1.21. The van der Waals surface area contributed by atoms with E-state index in [0.717, 1.165) is 35.6 Å². The molecule has 2 aliphatic rings. The van der Waals surface area contributed by atoms with E-state index < -0.39 is 77.8 Å². The highest BCUT2D eigenvalue weighted by atomic mass is 32.1. The maximum atomic E-state index is 14.4. The van der Waals surface area contributed by atoms with Crippen molar-refractivity contribution in [2.45, 2.75) is 162 Å². The minimum Gasteiger partial charge on any atom is -0.481 e. The van der Waals surface area contributed by atoms with Crippen LogP contribution in [0.1, 0.15) is 140 Å². The van der Waals surface area contributed by atoms with Gasteiger partial charge in [-0.2, -0.15) is 0 Å². The minimum absolute atomic E-state index is 0.0183. The summed E-state index contributed by atoms with van der Waals surface area (Å²) >= 11 is 1.11. The van der Waals surface area contributed by atoms with Crippen molar-refractivity contribution in [2.24, 2.45) is 17.8 Å². The summed E-state index contributed by atoms with van der Waals surface area (Å²) in [5.41, 5.74) is 1.12. The summed E-state index contributed by atoms with van der Waals surface area (Å²) in [5, 5.41) is 28.3. The van der Waals surface area contributed by atoms with Gasteiger partial charge in [-0.05, 0) is 89.1 Å². The SMILES string of the molecule is CC[C@H](C)[C@H](NC(=O)[C@H]1CCCCN1C)C(=O)N(C)[C@H](C[C@@H](OC(C)=O)c1nc(C(=O)N[C@@H](Cc2ccc(NC(=O)[C@H](C)NC(=O)[C@H](C)NC(=O)CCOCCOCCOCCNC(=O)CCCN3C(=O)C=CC3=O)cc2)C[C@H](C)C(=O)O)cs1)C(C)C. The molecule has 4 rings (SSSR count). The van der Waals surface area contributed by atoms with Crippen molar-refractivity contribution in [1.82, 2.24) is 46.3 Å². The van der Waals surface area contributed by atoms with Gasteiger partial charge in [0.2, 0.25) is 35.4 Å². The molecule has 2 aliphatic heterocycles. The summed E-state index contributed by atoms with van der Waals surface area (Å²) in [6.45, 7) is 16.2. The third-order valence-corrected chi connectivity index (χ3v) is 16.3. The average molecular weight is 1250 g/mol. The maximum absolute atomic E-state index is 14.4. The lowest BCUT2D eigenvalue weighted by molar-refractivity contribution is -0.149. The van der Waals surface area contributed by atoms with E-state index in [1.54, 1.807) is 36.2 Å². The van der Waals surface area contributed by atoms with Gasteiger partial charge in [0.25, 0.3) is 17.7 Å². The summed E-state index contributed by atoms with van der Waals surface area (Å²) in [7, 11) is 3.60. The summed E-state index contributed by atoms with van der Waals surface area (Å²) in [4.78, 5) is 150. The number of hydrogen-bond acceptors (Lipinski definition) is 18. The molecule has 88 heavy (non-hydrogen) atoms. The molecule has 1 fully saturated rings. The van der Waals surface area contributed by atoms with E-state index in [1.807, 2.05) is 39.6 Å². The van der Waals surface area contributed by atoms with Crippen LogP contribution in [0, 0.1) is 17.8 Å². The van der Waals surface area contributed by atoms with Gasteiger partial charge in [0.05, 0.1) is 51.6 Å². The van der Waals surface area contributed by atoms with Crippen molar-refractivity contribution < 1.29 is 76.8 Å². The Hall–Kier alpha value is -7.20. The zero-order chi connectivity index (χ0) is 65.0. The van der Waals surface area contributed by atoms with Crippen molar-refractivity contribution in [3.8, 4) is 0 Å². The fourth-order valence-electron chi connectivity index (χ4n) is 9.89. The first-order valence-corrected chi connectivity index (χ1v) is 31.1. The van der Waals surface area contributed by atoms with Crippen molar-refractivity contribution in [1.29, 1.82) is 0 Å². The fraction of sp³-hybridized carbons (Fsp3) is 0.639. The topological polar surface area (TPSA) is 340 Å². The first kappa shape index (κ1) is 73.3. The molecule has 0 unspecified atom stereocenters. The number of likely N-dealkylation sites (tertiary alicyclic amines) is 1. The lowest BCUT2D eigenvalue weighted by atomic mass is 9.92. The van der Waals surface area contributed by atoms with E-state index in [0.29, 0.717) is 35.5 Å². The quantitative estimate of drug-likeness (QED) is 0.0287. The van der Waals surface area contributed by atoms with Crippen LogP contribution in [0.4, 0.5) is 5.69 Å². The Morgan fingerprint density at radius 3 is 2.03 bits per heavy atom. The standard InChI is InChI=1S/C61H92N10O16S/c1-11-38(4)54(68-58(80)47-15-12-13-25-69(47)9)60(81)70(10)48(37(2)3)35-49(87-42(8)72)59-67-46(36-88-59)57(79)66-45(33-39(5)61(82)83)34-43-17-19-44(20-18-43)65-56(78)41(7)64-55(77)40(6)63-51(74)23-27-84-29-31-86-32-30-85-28-24-62-50(73)16-14-26-71-52(75)21-22-53(71)76/h17-22,36-41,45,47-49,54H,11-16,23-35H2,1-10H3,(H,62,73)(H,63,74)(H,64,77)(H,65,78)(H,66,79)(H,68,80)(H,82,83)/t38-,39-,40-,41-,45+,47+,48+,49+,54-/m0/s1. The predicted molar refractivity (Wildman–Crippen MR) is 326 cm³/mol. The number of likely N-dealkylation sites (N-methyl/N-ethyl adjacent to an activating group) is 2. The van der Waals surface area contributed by atoms with Gasteiger partial charge < -0.3 is 60.9 Å². The minimum atomic E-state index is -1.06. The van der Waals surface area contributed by atoms with Crippen LogP contribution in [-0.2, 0) is 73.3 Å². The molecular formula is C61H92N10O16S. The summed E-state index contributed by atoms with van der Waals surface area (Å²) in [6.07, 6.45) is 5.64. The van der Waals surface area contributed by atoms with Gasteiger partial charge in [-0.15, -0.1) is 11.3 Å². The molecule has 9 atom stereocenters. The molecule has 1 saturated heterocycles. The number of carboxylic acids is 1. The van der Waals surface area contributed by atoms with Crippen LogP contribution in [0.15, 0.2) is 41.8 Å². The first-order chi connectivity index (χ1) is 41.8. The molecule has 0 saturated carbocycles. The average Bonchev–Trinajstić information content (AvgIpc) is 2.06. The number of rotatable bonds is 39. The number of carbonyl (C=O) groups excluding carboxylic acids is 10. The van der Waals surface area contributed by atoms with E-state index in [4.69, 9.17) is 18.9 Å². The van der Waals surface area contributed by atoms with Crippen LogP contribution in [0.5, 0.6) is 0 Å². The fourth-order valence-corrected chi connectivity index (χ4v) is 10.7. The molecule has 0 aliphatic carbocycles. The summed E-state index contributed by atoms with van der Waals surface area (Å²) in [5.74, 6) is -6.38. The van der Waals surface area contributed by atoms with Gasteiger partial charge in [0.1, 0.15) is 28.8 Å². The highest BCUT2D eigenvalue weighted by molar-refractivity contribution is 7.09. The molecule has 1 aromatic carbocycles. The number of anilines is 1. The van der Waals surface area contributed by atoms with E-state index in [2.05, 4.69) is 36.9 Å². The number of nitrogens with one attached hydrogen (secondary N) is 6. The smallest absolute Gasteiger partial charge is 0.306 e. The van der Waals surface area contributed by atoms with Gasteiger partial charge in [-0.1, -0.05) is 59.6 Å². The van der Waals surface area contributed by atoms with Crippen LogP contribution in [0.2, 0.25) is 0 Å². The Morgan fingerprint density at radius 1 is 0.784 bits per heavy atom. The largest absolute Gasteiger partial charge is 0.481 e. The second-order valence-electron chi connectivity index (χ2n) is 22.8. The number of ether oxygens (including phenoxy) is 4. The van der Waals surface area contributed by atoms with E-state index >= 15 is 0 Å². The Bertz CT molecular complexity index is 2690. The number of hydrogen-bond donors (Lipinski definition) is 7. The molecule has 0 radical (unpaired) electrons. The second kappa shape index (κ2) is 37.6. The molecule has 9 amide bonds. The number of carboxylic acid groups (broad SMARTS) is 1. The van der Waals surface area contributed by atoms with E-state index in [-0.39, 0.29) is 138 Å². The van der Waals surface area contributed by atoms with E-state index in [9.17, 15) is 57.8 Å². The van der Waals surface area contributed by atoms with Crippen LogP contribution in [-0.4, -0.2) is 200 Å². The number of esters is 1.